The molecule has 0 spiro atoms. The van der Waals surface area contributed by atoms with Crippen LogP contribution in [-0.4, -0.2) is 11.0 Å². The van der Waals surface area contributed by atoms with E-state index in [9.17, 15) is 4.79 Å². The maximum Gasteiger partial charge on any atom is 0.255 e. The third-order valence-corrected chi connectivity index (χ3v) is 5.23. The fraction of sp³-hybridized carbons (Fsp3) is 0.120. The molecule has 0 bridgehead atoms. The van der Waals surface area contributed by atoms with E-state index in [-0.39, 0.29) is 5.91 Å². The van der Waals surface area contributed by atoms with Gasteiger partial charge in [0, 0.05) is 16.9 Å². The van der Waals surface area contributed by atoms with Gasteiger partial charge in [-0.25, -0.2) is 0 Å². The van der Waals surface area contributed by atoms with E-state index in [4.69, 9.17) is 17.0 Å². The van der Waals surface area contributed by atoms with Gasteiger partial charge >= 0.3 is 0 Å². The standard InChI is InChI=1S/C25H23N3O2S/c1-17-22(24(29)27-19-12-6-3-7-13-19)23(28-25(31)26-17)20-14-8-9-15-21(20)30-16-18-10-4-2-5-11-18/h2-15,23H,16H2,1H3,(H,27,29)(H2,26,28,31)/t23-/m1/s1. The summed E-state index contributed by atoms with van der Waals surface area (Å²) in [5.41, 5.74) is 3.92. The molecule has 1 atom stereocenters. The predicted octanol–water partition coefficient (Wildman–Crippen LogP) is 4.70. The van der Waals surface area contributed by atoms with Crippen LogP contribution in [0, 0.1) is 0 Å². The van der Waals surface area contributed by atoms with Crippen molar-refractivity contribution in [2.75, 3.05) is 5.32 Å². The zero-order valence-corrected chi connectivity index (χ0v) is 17.9. The maximum absolute atomic E-state index is 13.2. The zero-order valence-electron chi connectivity index (χ0n) is 17.1. The Morgan fingerprint density at radius 2 is 1.61 bits per heavy atom. The van der Waals surface area contributed by atoms with Crippen molar-refractivity contribution < 1.29 is 9.53 Å². The first-order valence-electron chi connectivity index (χ1n) is 10.0. The van der Waals surface area contributed by atoms with Crippen LogP contribution in [0.5, 0.6) is 5.75 Å². The van der Waals surface area contributed by atoms with Crippen molar-refractivity contribution in [1.29, 1.82) is 0 Å². The molecule has 0 saturated carbocycles. The minimum absolute atomic E-state index is 0.200. The number of hydrogen-bond acceptors (Lipinski definition) is 3. The monoisotopic (exact) mass is 429 g/mol. The molecule has 3 N–H and O–H groups in total. The SMILES string of the molecule is CC1=C(C(=O)Nc2ccccc2)[C@@H](c2ccccc2OCc2ccccc2)NC(=S)N1. The van der Waals surface area contributed by atoms with Gasteiger partial charge in [-0.2, -0.15) is 0 Å². The Bertz CT molecular complexity index is 1110. The molecule has 4 rings (SSSR count). The molecule has 1 amide bonds. The van der Waals surface area contributed by atoms with Gasteiger partial charge in [-0.05, 0) is 42.9 Å². The van der Waals surface area contributed by atoms with Crippen molar-refractivity contribution in [1.82, 2.24) is 10.6 Å². The number of ether oxygens (including phenoxy) is 1. The van der Waals surface area contributed by atoms with Gasteiger partial charge in [0.2, 0.25) is 0 Å². The highest BCUT2D eigenvalue weighted by Gasteiger charge is 2.31. The molecule has 0 aliphatic carbocycles. The van der Waals surface area contributed by atoms with Gasteiger partial charge in [-0.15, -0.1) is 0 Å². The van der Waals surface area contributed by atoms with E-state index < -0.39 is 6.04 Å². The molecule has 1 aliphatic heterocycles. The van der Waals surface area contributed by atoms with Gasteiger partial charge < -0.3 is 20.7 Å². The molecule has 3 aromatic carbocycles. The average Bonchev–Trinajstić information content (AvgIpc) is 2.78. The van der Waals surface area contributed by atoms with E-state index >= 15 is 0 Å². The van der Waals surface area contributed by atoms with Crippen molar-refractivity contribution >= 4 is 28.9 Å². The van der Waals surface area contributed by atoms with Crippen molar-refractivity contribution in [3.8, 4) is 5.75 Å². The fourth-order valence-electron chi connectivity index (χ4n) is 3.53. The Balaban J connectivity index is 1.64. The third-order valence-electron chi connectivity index (χ3n) is 5.01. The number of amides is 1. The summed E-state index contributed by atoms with van der Waals surface area (Å²) in [5.74, 6) is 0.500. The van der Waals surface area contributed by atoms with Gasteiger partial charge in [-0.1, -0.05) is 66.7 Å². The molecular formula is C25H23N3O2S. The van der Waals surface area contributed by atoms with E-state index in [0.29, 0.717) is 28.7 Å². The highest BCUT2D eigenvalue weighted by atomic mass is 32.1. The topological polar surface area (TPSA) is 62.4 Å². The quantitative estimate of drug-likeness (QED) is 0.496. The maximum atomic E-state index is 13.2. The molecule has 0 aromatic heterocycles. The second-order valence-electron chi connectivity index (χ2n) is 7.20. The summed E-state index contributed by atoms with van der Waals surface area (Å²) in [6, 6.07) is 26.6. The molecule has 0 radical (unpaired) electrons. The largest absolute Gasteiger partial charge is 0.489 e. The molecule has 0 fully saturated rings. The van der Waals surface area contributed by atoms with Crippen molar-refractivity contribution in [2.45, 2.75) is 19.6 Å². The van der Waals surface area contributed by atoms with Gasteiger partial charge in [0.25, 0.3) is 5.91 Å². The zero-order chi connectivity index (χ0) is 21.6. The number of carbonyl (C=O) groups excluding carboxylic acids is 1. The summed E-state index contributed by atoms with van der Waals surface area (Å²) in [7, 11) is 0. The Kier molecular flexibility index (Phi) is 6.29. The summed E-state index contributed by atoms with van der Waals surface area (Å²) >= 11 is 5.38. The minimum atomic E-state index is -0.440. The van der Waals surface area contributed by atoms with E-state index in [1.54, 1.807) is 0 Å². The van der Waals surface area contributed by atoms with Crippen molar-refractivity contribution in [3.63, 3.8) is 0 Å². The highest BCUT2D eigenvalue weighted by Crippen LogP contribution is 2.34. The Morgan fingerprint density at radius 1 is 0.968 bits per heavy atom. The lowest BCUT2D eigenvalue weighted by molar-refractivity contribution is -0.113. The number of anilines is 1. The number of nitrogens with one attached hydrogen (secondary N) is 3. The summed E-state index contributed by atoms with van der Waals surface area (Å²) in [5, 5.41) is 9.75. The highest BCUT2D eigenvalue weighted by molar-refractivity contribution is 7.80. The van der Waals surface area contributed by atoms with Crippen LogP contribution in [0.3, 0.4) is 0 Å². The van der Waals surface area contributed by atoms with Crippen LogP contribution >= 0.6 is 12.2 Å². The molecule has 0 unspecified atom stereocenters. The molecule has 3 aromatic rings. The third kappa shape index (κ3) is 4.92. The molecule has 1 heterocycles. The molecule has 0 saturated heterocycles. The van der Waals surface area contributed by atoms with Crippen LogP contribution in [0.25, 0.3) is 0 Å². The second kappa shape index (κ2) is 9.45. The van der Waals surface area contributed by atoms with E-state index in [2.05, 4.69) is 16.0 Å². The van der Waals surface area contributed by atoms with Crippen LogP contribution in [0.15, 0.2) is 96.2 Å². The number of carbonyl (C=O) groups is 1. The van der Waals surface area contributed by atoms with Crippen LogP contribution in [0.2, 0.25) is 0 Å². The van der Waals surface area contributed by atoms with Crippen molar-refractivity contribution in [2.24, 2.45) is 0 Å². The molecule has 1 aliphatic rings. The summed E-state index contributed by atoms with van der Waals surface area (Å²) in [4.78, 5) is 13.2. The summed E-state index contributed by atoms with van der Waals surface area (Å²) < 4.78 is 6.14. The van der Waals surface area contributed by atoms with E-state index in [1.165, 1.54) is 0 Å². The van der Waals surface area contributed by atoms with Crippen LogP contribution in [-0.2, 0) is 11.4 Å². The summed E-state index contributed by atoms with van der Waals surface area (Å²) in [6.45, 7) is 2.29. The lowest BCUT2D eigenvalue weighted by Gasteiger charge is -2.31. The first-order chi connectivity index (χ1) is 15.1. The van der Waals surface area contributed by atoms with Gasteiger partial charge in [0.15, 0.2) is 5.11 Å². The predicted molar refractivity (Wildman–Crippen MR) is 127 cm³/mol. The smallest absolute Gasteiger partial charge is 0.255 e. The average molecular weight is 430 g/mol. The van der Waals surface area contributed by atoms with Crippen molar-refractivity contribution in [3.05, 3.63) is 107 Å². The van der Waals surface area contributed by atoms with E-state index in [1.807, 2.05) is 91.9 Å². The van der Waals surface area contributed by atoms with Gasteiger partial charge in [0.1, 0.15) is 12.4 Å². The molecular weight excluding hydrogens is 406 g/mol. The Labute approximate surface area is 187 Å². The van der Waals surface area contributed by atoms with Gasteiger partial charge in [-0.3, -0.25) is 4.79 Å². The van der Waals surface area contributed by atoms with Gasteiger partial charge in [0.05, 0.1) is 11.6 Å². The first kappa shape index (κ1) is 20.6. The van der Waals surface area contributed by atoms with Crippen LogP contribution < -0.4 is 20.7 Å². The van der Waals surface area contributed by atoms with Crippen LogP contribution in [0.4, 0.5) is 5.69 Å². The minimum Gasteiger partial charge on any atom is -0.489 e. The molecule has 6 heteroatoms. The first-order valence-corrected chi connectivity index (χ1v) is 10.4. The summed E-state index contributed by atoms with van der Waals surface area (Å²) in [6.07, 6.45) is 0. The molecule has 156 valence electrons. The number of para-hydroxylation sites is 2. The normalized spacial score (nSPS) is 15.6. The number of thiocarbonyl (C=S) groups is 1. The fourth-order valence-corrected chi connectivity index (χ4v) is 3.80. The number of allylic oxidation sites excluding steroid dienone is 1. The Morgan fingerprint density at radius 3 is 2.35 bits per heavy atom. The molecule has 5 nitrogen and oxygen atoms in total. The number of hydrogen-bond donors (Lipinski definition) is 3. The molecule has 31 heavy (non-hydrogen) atoms. The second-order valence-corrected chi connectivity index (χ2v) is 7.61. The van der Waals surface area contributed by atoms with Crippen LogP contribution in [0.1, 0.15) is 24.1 Å². The lowest BCUT2D eigenvalue weighted by Crippen LogP contribution is -2.45. The number of benzene rings is 3. The number of rotatable bonds is 6. The Hall–Kier alpha value is -3.64. The lowest BCUT2D eigenvalue weighted by atomic mass is 9.94. The van der Waals surface area contributed by atoms with E-state index in [0.717, 1.165) is 16.8 Å².